The molecule has 1 aromatic rings. The molecule has 29 heavy (non-hydrogen) atoms. The maximum Gasteiger partial charge on any atom is 0.407 e. The summed E-state index contributed by atoms with van der Waals surface area (Å²) in [6.07, 6.45) is 4.10. The number of likely N-dealkylation sites (tertiary alicyclic amines) is 1. The molecule has 8 heteroatoms. The Hall–Kier alpha value is -2.09. The minimum absolute atomic E-state index is 0.0444. The Morgan fingerprint density at radius 2 is 1.90 bits per heavy atom. The van der Waals surface area contributed by atoms with Crippen LogP contribution in [0.4, 0.5) is 10.5 Å². The lowest BCUT2D eigenvalue weighted by Gasteiger charge is -2.49. The number of hydrogen-bond acceptors (Lipinski definition) is 4. The molecule has 162 valence electrons. The molecular weight excluding hydrogens is 392 g/mol. The number of rotatable bonds is 7. The lowest BCUT2D eigenvalue weighted by atomic mass is 9.81. The van der Waals surface area contributed by atoms with Crippen LogP contribution in [-0.2, 0) is 20.4 Å². The van der Waals surface area contributed by atoms with Crippen molar-refractivity contribution in [3.63, 3.8) is 0 Å². The fraction of sp³-hybridized carbons (Fsp3) is 0.619. The van der Waals surface area contributed by atoms with Crippen LogP contribution in [0.25, 0.3) is 0 Å². The van der Waals surface area contributed by atoms with Gasteiger partial charge in [0.15, 0.2) is 9.84 Å². The summed E-state index contributed by atoms with van der Waals surface area (Å²) in [5, 5.41) is 9.56. The van der Waals surface area contributed by atoms with Gasteiger partial charge in [-0.05, 0) is 43.9 Å². The van der Waals surface area contributed by atoms with Crippen LogP contribution in [-0.4, -0.2) is 54.8 Å². The molecule has 0 aromatic heterocycles. The third-order valence-electron chi connectivity index (χ3n) is 5.62. The Labute approximate surface area is 173 Å². The summed E-state index contributed by atoms with van der Waals surface area (Å²) >= 11 is 0. The van der Waals surface area contributed by atoms with Crippen molar-refractivity contribution in [3.8, 4) is 0 Å². The first-order valence-corrected chi connectivity index (χ1v) is 12.1. The fourth-order valence-corrected chi connectivity index (χ4v) is 5.13. The number of carbonyl (C=O) groups is 2. The zero-order chi connectivity index (χ0) is 21.8. The molecule has 0 bridgehead atoms. The predicted molar refractivity (Wildman–Crippen MR) is 114 cm³/mol. The number of unbranched alkanes of at least 4 members (excludes halogenated alkanes) is 1. The molecule has 0 spiro atoms. The third kappa shape index (κ3) is 5.95. The van der Waals surface area contributed by atoms with Crippen molar-refractivity contribution in [2.45, 2.75) is 70.2 Å². The first kappa shape index (κ1) is 23.2. The highest BCUT2D eigenvalue weighted by atomic mass is 32.2. The van der Waals surface area contributed by atoms with Crippen LogP contribution < -0.4 is 4.90 Å². The smallest absolute Gasteiger partial charge is 0.407 e. The SMILES string of the molecule is CCCCC1CC(C)(N(C(C)=O)c2ccc(CS(C)(=O)=O)cc2)CCN1C(=O)O. The zero-order valence-electron chi connectivity index (χ0n) is 17.7. The van der Waals surface area contributed by atoms with Crippen molar-refractivity contribution in [2.24, 2.45) is 0 Å². The lowest BCUT2D eigenvalue weighted by Crippen LogP contribution is -2.59. The predicted octanol–water partition coefficient (Wildman–Crippen LogP) is 3.68. The lowest BCUT2D eigenvalue weighted by molar-refractivity contribution is -0.118. The van der Waals surface area contributed by atoms with E-state index in [-0.39, 0.29) is 17.7 Å². The normalized spacial score (nSPS) is 22.3. The van der Waals surface area contributed by atoms with Crippen molar-refractivity contribution in [1.82, 2.24) is 4.90 Å². The van der Waals surface area contributed by atoms with Crippen LogP contribution in [0.2, 0.25) is 0 Å². The second-order valence-electron chi connectivity index (χ2n) is 8.31. The van der Waals surface area contributed by atoms with Crippen molar-refractivity contribution in [1.29, 1.82) is 0 Å². The van der Waals surface area contributed by atoms with Gasteiger partial charge in [0.1, 0.15) is 0 Å². The minimum atomic E-state index is -3.13. The number of amides is 2. The molecule has 1 aliphatic rings. The van der Waals surface area contributed by atoms with Gasteiger partial charge in [0, 0.05) is 37.0 Å². The van der Waals surface area contributed by atoms with E-state index < -0.39 is 21.5 Å². The van der Waals surface area contributed by atoms with Gasteiger partial charge in [-0.15, -0.1) is 0 Å². The molecular formula is C21H32N2O5S. The van der Waals surface area contributed by atoms with Crippen molar-refractivity contribution < 1.29 is 23.1 Å². The molecule has 0 radical (unpaired) electrons. The molecule has 0 aliphatic carbocycles. The Balaban J connectivity index is 2.31. The van der Waals surface area contributed by atoms with Crippen molar-refractivity contribution in [3.05, 3.63) is 29.8 Å². The van der Waals surface area contributed by atoms with E-state index in [0.29, 0.717) is 30.6 Å². The van der Waals surface area contributed by atoms with E-state index in [1.54, 1.807) is 29.2 Å². The van der Waals surface area contributed by atoms with Gasteiger partial charge in [0.05, 0.1) is 5.75 Å². The average Bonchev–Trinajstić information content (AvgIpc) is 2.59. The van der Waals surface area contributed by atoms with Crippen LogP contribution in [0.1, 0.15) is 58.4 Å². The minimum Gasteiger partial charge on any atom is -0.465 e. The summed E-state index contributed by atoms with van der Waals surface area (Å²) in [4.78, 5) is 27.5. The van der Waals surface area contributed by atoms with Crippen LogP contribution in [0.15, 0.2) is 24.3 Å². The van der Waals surface area contributed by atoms with E-state index in [1.165, 1.54) is 18.1 Å². The maximum atomic E-state index is 12.6. The molecule has 1 N–H and O–H groups in total. The molecule has 1 heterocycles. The molecule has 1 saturated heterocycles. The molecule has 2 atom stereocenters. The van der Waals surface area contributed by atoms with Gasteiger partial charge in [-0.1, -0.05) is 31.9 Å². The second kappa shape index (κ2) is 9.15. The van der Waals surface area contributed by atoms with E-state index in [0.717, 1.165) is 19.3 Å². The van der Waals surface area contributed by atoms with Gasteiger partial charge in [-0.3, -0.25) is 4.79 Å². The van der Waals surface area contributed by atoms with Crippen LogP contribution in [0.3, 0.4) is 0 Å². The molecule has 1 fully saturated rings. The van der Waals surface area contributed by atoms with E-state index in [1.807, 2.05) is 6.92 Å². The molecule has 2 unspecified atom stereocenters. The van der Waals surface area contributed by atoms with Crippen LogP contribution >= 0.6 is 0 Å². The van der Waals surface area contributed by atoms with Crippen molar-refractivity contribution in [2.75, 3.05) is 17.7 Å². The zero-order valence-corrected chi connectivity index (χ0v) is 18.5. The van der Waals surface area contributed by atoms with Crippen molar-refractivity contribution >= 4 is 27.5 Å². The highest BCUT2D eigenvalue weighted by Gasteiger charge is 2.43. The summed E-state index contributed by atoms with van der Waals surface area (Å²) in [6, 6.07) is 6.89. The number of carbonyl (C=O) groups excluding carboxylic acids is 1. The van der Waals surface area contributed by atoms with Gasteiger partial charge in [-0.25, -0.2) is 13.2 Å². The van der Waals surface area contributed by atoms with Gasteiger partial charge in [0.25, 0.3) is 0 Å². The summed E-state index contributed by atoms with van der Waals surface area (Å²) in [7, 11) is -3.13. The number of benzene rings is 1. The van der Waals surface area contributed by atoms with Gasteiger partial charge < -0.3 is 14.9 Å². The second-order valence-corrected chi connectivity index (χ2v) is 10.5. The highest BCUT2D eigenvalue weighted by molar-refractivity contribution is 7.89. The van der Waals surface area contributed by atoms with Crippen LogP contribution in [0, 0.1) is 0 Å². The van der Waals surface area contributed by atoms with E-state index in [9.17, 15) is 23.1 Å². The summed E-state index contributed by atoms with van der Waals surface area (Å²) in [6.45, 7) is 5.99. The molecule has 1 aliphatic heterocycles. The first-order valence-electron chi connectivity index (χ1n) is 10.0. The van der Waals surface area contributed by atoms with Gasteiger partial charge in [-0.2, -0.15) is 0 Å². The number of anilines is 1. The quantitative estimate of drug-likeness (QED) is 0.720. The molecule has 7 nitrogen and oxygen atoms in total. The number of carboxylic acid groups (broad SMARTS) is 1. The number of hydrogen-bond donors (Lipinski definition) is 1. The van der Waals surface area contributed by atoms with E-state index in [4.69, 9.17) is 0 Å². The third-order valence-corrected chi connectivity index (χ3v) is 6.48. The number of nitrogens with zero attached hydrogens (tertiary/aromatic N) is 2. The summed E-state index contributed by atoms with van der Waals surface area (Å²) < 4.78 is 23.0. The largest absolute Gasteiger partial charge is 0.465 e. The van der Waals surface area contributed by atoms with Gasteiger partial charge in [0.2, 0.25) is 5.91 Å². The van der Waals surface area contributed by atoms with Crippen LogP contribution in [0.5, 0.6) is 0 Å². The Bertz CT molecular complexity index is 837. The average molecular weight is 425 g/mol. The van der Waals surface area contributed by atoms with E-state index >= 15 is 0 Å². The number of sulfone groups is 1. The Morgan fingerprint density at radius 3 is 2.38 bits per heavy atom. The fourth-order valence-electron chi connectivity index (χ4n) is 4.33. The highest BCUT2D eigenvalue weighted by Crippen LogP contribution is 2.37. The van der Waals surface area contributed by atoms with E-state index in [2.05, 4.69) is 6.92 Å². The van der Waals surface area contributed by atoms with Gasteiger partial charge >= 0.3 is 6.09 Å². The molecule has 0 saturated carbocycles. The molecule has 2 rings (SSSR count). The monoisotopic (exact) mass is 424 g/mol. The molecule has 1 aromatic carbocycles. The maximum absolute atomic E-state index is 12.6. The molecule has 2 amide bonds. The Kier molecular flexibility index (Phi) is 7.32. The standard InChI is InChI=1S/C21H32N2O5S/c1-5-6-7-19-14-21(3,12-13-22(19)20(25)26)23(16(2)24)18-10-8-17(9-11-18)15-29(4,27)28/h8-11,19H,5-7,12-15H2,1-4H3,(H,25,26). The first-order chi connectivity index (χ1) is 13.5. The Morgan fingerprint density at radius 1 is 1.28 bits per heavy atom. The topological polar surface area (TPSA) is 95.0 Å². The number of piperidine rings is 1. The summed E-state index contributed by atoms with van der Waals surface area (Å²) in [5.74, 6) is -0.154. The summed E-state index contributed by atoms with van der Waals surface area (Å²) in [5.41, 5.74) is 0.871.